The Morgan fingerprint density at radius 1 is 0.974 bits per heavy atom. The van der Waals surface area contributed by atoms with Crippen LogP contribution >= 0.6 is 11.3 Å². The molecule has 0 radical (unpaired) electrons. The van der Waals surface area contributed by atoms with E-state index >= 15 is 0 Å². The number of amides is 2. The maximum Gasteiger partial charge on any atom is 0.266 e. The second-order valence-corrected chi connectivity index (χ2v) is 10.9. The SMILES string of the molecule is Cc1ccccc1NC(=O)/C(C#N)=C\c1cc(C)n(-c2sc3c(c2C(=O)Nc2ccccc2)CCCC3)c1C. The Morgan fingerprint density at radius 3 is 2.44 bits per heavy atom. The number of aromatic nitrogens is 1. The van der Waals surface area contributed by atoms with Crippen molar-refractivity contribution in [2.24, 2.45) is 0 Å². The van der Waals surface area contributed by atoms with Gasteiger partial charge < -0.3 is 15.2 Å². The van der Waals surface area contributed by atoms with Crippen LogP contribution in [0, 0.1) is 32.1 Å². The minimum absolute atomic E-state index is 0.0195. The van der Waals surface area contributed by atoms with Crippen LogP contribution in [0.1, 0.15) is 56.2 Å². The van der Waals surface area contributed by atoms with E-state index < -0.39 is 5.91 Å². The fraction of sp³-hybridized carbons (Fsp3) is 0.219. The van der Waals surface area contributed by atoms with Gasteiger partial charge in [0.2, 0.25) is 0 Å². The summed E-state index contributed by atoms with van der Waals surface area (Å²) in [5.74, 6) is -0.568. The molecule has 0 bridgehead atoms. The first-order valence-electron chi connectivity index (χ1n) is 13.1. The van der Waals surface area contributed by atoms with Crippen molar-refractivity contribution in [2.45, 2.75) is 46.5 Å². The van der Waals surface area contributed by atoms with Crippen molar-refractivity contribution in [1.82, 2.24) is 4.57 Å². The molecule has 2 N–H and O–H groups in total. The lowest BCUT2D eigenvalue weighted by atomic mass is 9.95. The van der Waals surface area contributed by atoms with Gasteiger partial charge in [-0.1, -0.05) is 36.4 Å². The monoisotopic (exact) mass is 534 g/mol. The number of thiophene rings is 1. The lowest BCUT2D eigenvalue weighted by Gasteiger charge is -2.14. The lowest BCUT2D eigenvalue weighted by Crippen LogP contribution is -2.17. The summed E-state index contributed by atoms with van der Waals surface area (Å²) in [6.07, 6.45) is 5.66. The van der Waals surface area contributed by atoms with Crippen LogP contribution in [-0.2, 0) is 17.6 Å². The minimum atomic E-state index is -0.453. The molecule has 0 atom stereocenters. The van der Waals surface area contributed by atoms with Crippen molar-refractivity contribution < 1.29 is 9.59 Å². The highest BCUT2D eigenvalue weighted by atomic mass is 32.1. The van der Waals surface area contributed by atoms with Gasteiger partial charge in [-0.05, 0) is 93.5 Å². The highest BCUT2D eigenvalue weighted by molar-refractivity contribution is 7.15. The quantitative estimate of drug-likeness (QED) is 0.204. The third-order valence-electron chi connectivity index (χ3n) is 7.14. The van der Waals surface area contributed by atoms with E-state index in [0.29, 0.717) is 11.3 Å². The Morgan fingerprint density at radius 2 is 1.69 bits per heavy atom. The largest absolute Gasteiger partial charge is 0.322 e. The fourth-order valence-electron chi connectivity index (χ4n) is 5.11. The van der Waals surface area contributed by atoms with Crippen molar-refractivity contribution >= 4 is 40.6 Å². The molecule has 0 saturated carbocycles. The van der Waals surface area contributed by atoms with E-state index in [1.165, 1.54) is 4.88 Å². The van der Waals surface area contributed by atoms with Crippen LogP contribution in [0.25, 0.3) is 11.1 Å². The smallest absolute Gasteiger partial charge is 0.266 e. The number of aryl methyl sites for hydroxylation is 3. The van der Waals surface area contributed by atoms with Crippen LogP contribution in [0.4, 0.5) is 11.4 Å². The molecule has 4 aromatic rings. The summed E-state index contributed by atoms with van der Waals surface area (Å²) < 4.78 is 2.09. The molecule has 0 unspecified atom stereocenters. The van der Waals surface area contributed by atoms with Crippen LogP contribution in [0.2, 0.25) is 0 Å². The molecule has 1 aliphatic carbocycles. The van der Waals surface area contributed by atoms with Gasteiger partial charge in [0.05, 0.1) is 5.56 Å². The summed E-state index contributed by atoms with van der Waals surface area (Å²) in [6, 6.07) is 21.0. The number of carbonyl (C=O) groups excluding carboxylic acids is 2. The van der Waals surface area contributed by atoms with E-state index in [1.54, 1.807) is 17.4 Å². The summed E-state index contributed by atoms with van der Waals surface area (Å²) in [5.41, 5.74) is 6.79. The lowest BCUT2D eigenvalue weighted by molar-refractivity contribution is -0.112. The first-order valence-corrected chi connectivity index (χ1v) is 13.9. The molecule has 39 heavy (non-hydrogen) atoms. The van der Waals surface area contributed by atoms with E-state index in [4.69, 9.17) is 0 Å². The van der Waals surface area contributed by atoms with Crippen molar-refractivity contribution in [1.29, 1.82) is 5.26 Å². The van der Waals surface area contributed by atoms with Crippen LogP contribution in [0.5, 0.6) is 0 Å². The molecule has 0 fully saturated rings. The number of benzene rings is 2. The number of hydrogen-bond acceptors (Lipinski definition) is 4. The normalized spacial score (nSPS) is 12.9. The number of fused-ring (bicyclic) bond motifs is 1. The van der Waals surface area contributed by atoms with Gasteiger partial charge >= 0.3 is 0 Å². The molecule has 2 heterocycles. The molecule has 2 amide bonds. The molecule has 196 valence electrons. The first-order chi connectivity index (χ1) is 18.9. The molecule has 0 spiro atoms. The van der Waals surface area contributed by atoms with E-state index in [2.05, 4.69) is 21.3 Å². The molecule has 0 saturated heterocycles. The molecule has 0 aliphatic heterocycles. The van der Waals surface area contributed by atoms with Gasteiger partial charge in [-0.3, -0.25) is 9.59 Å². The van der Waals surface area contributed by atoms with Crippen LogP contribution < -0.4 is 10.6 Å². The number of nitrogens with zero attached hydrogens (tertiary/aromatic N) is 2. The van der Waals surface area contributed by atoms with Gasteiger partial charge in [0.1, 0.15) is 16.6 Å². The standard InChI is InChI=1S/C32H30N4O2S/c1-20-11-7-9-15-27(20)35-30(37)24(19-33)18-23-17-21(2)36(22(23)3)32-29(26-14-8-10-16-28(26)39-32)31(38)34-25-12-5-4-6-13-25/h4-7,9,11-13,15,17-18H,8,10,14,16H2,1-3H3,(H,34,38)(H,35,37)/b24-18-. The second-order valence-electron chi connectivity index (χ2n) is 9.81. The first kappa shape index (κ1) is 26.2. The molecular weight excluding hydrogens is 504 g/mol. The van der Waals surface area contributed by atoms with Crippen molar-refractivity contribution in [3.8, 4) is 11.1 Å². The van der Waals surface area contributed by atoms with Crippen molar-refractivity contribution in [3.63, 3.8) is 0 Å². The second kappa shape index (κ2) is 11.1. The van der Waals surface area contributed by atoms with Gasteiger partial charge in [0, 0.05) is 27.6 Å². The summed E-state index contributed by atoms with van der Waals surface area (Å²) >= 11 is 1.67. The Kier molecular flexibility index (Phi) is 7.49. The minimum Gasteiger partial charge on any atom is -0.322 e. The Bertz CT molecular complexity index is 1640. The van der Waals surface area contributed by atoms with E-state index in [-0.39, 0.29) is 11.5 Å². The van der Waals surface area contributed by atoms with Crippen molar-refractivity contribution in [3.05, 3.63) is 105 Å². The maximum atomic E-state index is 13.7. The van der Waals surface area contributed by atoms with Gasteiger partial charge in [0.25, 0.3) is 11.8 Å². The Balaban J connectivity index is 1.53. The summed E-state index contributed by atoms with van der Waals surface area (Å²) in [4.78, 5) is 27.9. The predicted octanol–water partition coefficient (Wildman–Crippen LogP) is 7.14. The highest BCUT2D eigenvalue weighted by Crippen LogP contribution is 2.39. The number of carbonyl (C=O) groups is 2. The molecule has 1 aliphatic rings. The van der Waals surface area contributed by atoms with Crippen LogP contribution in [0.15, 0.2) is 66.2 Å². The molecule has 7 heteroatoms. The summed E-state index contributed by atoms with van der Waals surface area (Å²) in [7, 11) is 0. The summed E-state index contributed by atoms with van der Waals surface area (Å²) in [6.45, 7) is 5.86. The number of anilines is 2. The zero-order valence-electron chi connectivity index (χ0n) is 22.3. The van der Waals surface area contributed by atoms with Crippen LogP contribution in [0.3, 0.4) is 0 Å². The van der Waals surface area contributed by atoms with Gasteiger partial charge in [-0.15, -0.1) is 11.3 Å². The fourth-order valence-corrected chi connectivity index (χ4v) is 6.61. The van der Waals surface area contributed by atoms with Gasteiger partial charge in [0.15, 0.2) is 0 Å². The molecule has 2 aromatic heterocycles. The van der Waals surface area contributed by atoms with E-state index in [9.17, 15) is 14.9 Å². The Hall–Kier alpha value is -4.41. The zero-order valence-corrected chi connectivity index (χ0v) is 23.1. The third kappa shape index (κ3) is 5.29. The average Bonchev–Trinajstić information content (AvgIpc) is 3.44. The van der Waals surface area contributed by atoms with Gasteiger partial charge in [-0.25, -0.2) is 0 Å². The number of rotatable bonds is 6. The predicted molar refractivity (Wildman–Crippen MR) is 158 cm³/mol. The van der Waals surface area contributed by atoms with Crippen molar-refractivity contribution in [2.75, 3.05) is 10.6 Å². The highest BCUT2D eigenvalue weighted by Gasteiger charge is 2.28. The summed E-state index contributed by atoms with van der Waals surface area (Å²) in [5, 5.41) is 16.6. The van der Waals surface area contributed by atoms with E-state index in [1.807, 2.05) is 81.4 Å². The Labute approximate surface area is 232 Å². The number of nitrogens with one attached hydrogen (secondary N) is 2. The average molecular weight is 535 g/mol. The molecule has 5 rings (SSSR count). The third-order valence-corrected chi connectivity index (χ3v) is 8.42. The molecule has 2 aromatic carbocycles. The molecular formula is C32H30N4O2S. The topological polar surface area (TPSA) is 86.9 Å². The van der Waals surface area contributed by atoms with Crippen LogP contribution in [-0.4, -0.2) is 16.4 Å². The maximum absolute atomic E-state index is 13.7. The molecule has 6 nitrogen and oxygen atoms in total. The van der Waals surface area contributed by atoms with E-state index in [0.717, 1.165) is 64.4 Å². The van der Waals surface area contributed by atoms with Gasteiger partial charge in [-0.2, -0.15) is 5.26 Å². The number of para-hydroxylation sites is 2. The number of nitriles is 1. The number of hydrogen-bond donors (Lipinski definition) is 2. The zero-order chi connectivity index (χ0) is 27.5.